The maximum atomic E-state index is 13.3. The van der Waals surface area contributed by atoms with Gasteiger partial charge in [-0.05, 0) is 37.3 Å². The predicted octanol–water partition coefficient (Wildman–Crippen LogP) is 4.37. The molecular formula is C18H12F4N4O3. The summed E-state index contributed by atoms with van der Waals surface area (Å²) in [4.78, 5) is 26.6. The molecule has 2 N–H and O–H groups in total. The number of halogens is 4. The number of alkyl halides is 3. The Balaban J connectivity index is 1.85. The van der Waals surface area contributed by atoms with Gasteiger partial charge in [0.15, 0.2) is 0 Å². The maximum absolute atomic E-state index is 13.3. The molecule has 0 saturated heterocycles. The number of hydrogen-bond donors (Lipinski definition) is 2. The Morgan fingerprint density at radius 1 is 1.14 bits per heavy atom. The van der Waals surface area contributed by atoms with E-state index in [2.05, 4.69) is 15.8 Å². The van der Waals surface area contributed by atoms with E-state index in [0.29, 0.717) is 23.0 Å². The van der Waals surface area contributed by atoms with Crippen molar-refractivity contribution in [3.63, 3.8) is 0 Å². The number of rotatable bonds is 4. The minimum absolute atomic E-state index is 0.103. The van der Waals surface area contributed by atoms with Crippen LogP contribution in [0.25, 0.3) is 10.9 Å². The fourth-order valence-electron chi connectivity index (χ4n) is 2.62. The Bertz CT molecular complexity index is 1130. The van der Waals surface area contributed by atoms with Crippen molar-refractivity contribution in [1.82, 2.24) is 10.4 Å². The van der Waals surface area contributed by atoms with Gasteiger partial charge in [-0.15, -0.1) is 0 Å². The van der Waals surface area contributed by atoms with Crippen LogP contribution in [0.15, 0.2) is 42.5 Å². The van der Waals surface area contributed by atoms with E-state index in [-0.39, 0.29) is 16.9 Å². The summed E-state index contributed by atoms with van der Waals surface area (Å²) in [5.41, 5.74) is 2.79. The van der Waals surface area contributed by atoms with Crippen molar-refractivity contribution in [2.75, 3.05) is 5.43 Å². The number of pyridine rings is 1. The molecule has 150 valence electrons. The zero-order valence-electron chi connectivity index (χ0n) is 14.7. The van der Waals surface area contributed by atoms with Gasteiger partial charge in [0.05, 0.1) is 27.3 Å². The van der Waals surface area contributed by atoms with Gasteiger partial charge in [-0.3, -0.25) is 30.7 Å². The molecule has 0 saturated carbocycles. The van der Waals surface area contributed by atoms with E-state index >= 15 is 0 Å². The Morgan fingerprint density at radius 2 is 1.86 bits per heavy atom. The quantitative estimate of drug-likeness (QED) is 0.380. The standard InChI is InChI=1S/C18H12F4N4O3/c1-9-13(6-10-2-4-12(19)8-15(10)23-9)17(27)25-24-14-5-3-11(18(20,21)22)7-16(14)26(28)29/h2-8,24H,1H3,(H,25,27). The number of nitrogens with one attached hydrogen (secondary N) is 2. The molecule has 29 heavy (non-hydrogen) atoms. The number of aryl methyl sites for hydroxylation is 1. The molecule has 11 heteroatoms. The summed E-state index contributed by atoms with van der Waals surface area (Å²) in [6.45, 7) is 1.51. The van der Waals surface area contributed by atoms with E-state index in [1.54, 1.807) is 0 Å². The van der Waals surface area contributed by atoms with Crippen LogP contribution in [0.5, 0.6) is 0 Å². The van der Waals surface area contributed by atoms with Crippen LogP contribution in [0.2, 0.25) is 0 Å². The number of amides is 1. The summed E-state index contributed by atoms with van der Waals surface area (Å²) in [5, 5.41) is 11.6. The molecule has 0 bridgehead atoms. The molecule has 1 amide bonds. The topological polar surface area (TPSA) is 97.2 Å². The van der Waals surface area contributed by atoms with Crippen LogP contribution < -0.4 is 10.9 Å². The lowest BCUT2D eigenvalue weighted by atomic mass is 10.1. The van der Waals surface area contributed by atoms with Gasteiger partial charge in [-0.1, -0.05) is 0 Å². The lowest BCUT2D eigenvalue weighted by Crippen LogP contribution is -2.30. The summed E-state index contributed by atoms with van der Waals surface area (Å²) in [6, 6.07) is 7.15. The highest BCUT2D eigenvalue weighted by molar-refractivity contribution is 5.99. The first-order valence-electron chi connectivity index (χ1n) is 8.05. The van der Waals surface area contributed by atoms with E-state index in [9.17, 15) is 32.5 Å². The van der Waals surface area contributed by atoms with Crippen LogP contribution >= 0.6 is 0 Å². The number of carbonyl (C=O) groups is 1. The second-order valence-electron chi connectivity index (χ2n) is 6.02. The van der Waals surface area contributed by atoms with E-state index < -0.39 is 34.1 Å². The van der Waals surface area contributed by atoms with Crippen LogP contribution in [0.3, 0.4) is 0 Å². The summed E-state index contributed by atoms with van der Waals surface area (Å²) < 4.78 is 51.5. The van der Waals surface area contributed by atoms with Crippen molar-refractivity contribution in [2.24, 2.45) is 0 Å². The molecule has 1 aromatic heterocycles. The Hall–Kier alpha value is -3.76. The van der Waals surface area contributed by atoms with E-state index in [4.69, 9.17) is 0 Å². The minimum atomic E-state index is -4.75. The number of fused-ring (bicyclic) bond motifs is 1. The molecule has 0 radical (unpaired) electrons. The zero-order valence-corrected chi connectivity index (χ0v) is 14.7. The molecule has 0 unspecified atom stereocenters. The number of hydrogen-bond acceptors (Lipinski definition) is 5. The predicted molar refractivity (Wildman–Crippen MR) is 95.6 cm³/mol. The molecule has 0 aliphatic heterocycles. The van der Waals surface area contributed by atoms with Crippen LogP contribution in [-0.4, -0.2) is 15.8 Å². The van der Waals surface area contributed by atoms with Gasteiger partial charge in [-0.2, -0.15) is 13.2 Å². The average molecular weight is 408 g/mol. The van der Waals surface area contributed by atoms with Crippen molar-refractivity contribution >= 4 is 28.2 Å². The van der Waals surface area contributed by atoms with Gasteiger partial charge < -0.3 is 0 Å². The smallest absolute Gasteiger partial charge is 0.292 e. The molecule has 7 nitrogen and oxygen atoms in total. The number of nitro benzene ring substituents is 1. The SMILES string of the molecule is Cc1nc2cc(F)ccc2cc1C(=O)NNc1ccc(C(F)(F)F)cc1[N+](=O)[O-]. The van der Waals surface area contributed by atoms with E-state index in [1.807, 2.05) is 0 Å². The normalized spacial score (nSPS) is 11.3. The molecule has 3 aromatic rings. The molecule has 0 aliphatic carbocycles. The molecule has 0 atom stereocenters. The Kier molecular flexibility index (Phi) is 5.06. The van der Waals surface area contributed by atoms with Gasteiger partial charge in [0.25, 0.3) is 11.6 Å². The van der Waals surface area contributed by atoms with Gasteiger partial charge in [-0.25, -0.2) is 4.39 Å². The highest BCUT2D eigenvalue weighted by Gasteiger charge is 2.33. The fourth-order valence-corrected chi connectivity index (χ4v) is 2.62. The van der Waals surface area contributed by atoms with Gasteiger partial charge in [0.2, 0.25) is 0 Å². The second-order valence-corrected chi connectivity index (χ2v) is 6.02. The first-order valence-corrected chi connectivity index (χ1v) is 8.05. The number of hydrazine groups is 1. The molecule has 0 aliphatic rings. The van der Waals surface area contributed by atoms with Crippen molar-refractivity contribution < 1.29 is 27.3 Å². The van der Waals surface area contributed by atoms with Gasteiger partial charge in [0.1, 0.15) is 11.5 Å². The van der Waals surface area contributed by atoms with Crippen molar-refractivity contribution in [1.29, 1.82) is 0 Å². The monoisotopic (exact) mass is 408 g/mol. The van der Waals surface area contributed by atoms with E-state index in [0.717, 1.165) is 6.07 Å². The van der Waals surface area contributed by atoms with Crippen molar-refractivity contribution in [3.8, 4) is 0 Å². The summed E-state index contributed by atoms with van der Waals surface area (Å²) in [5.74, 6) is -1.21. The highest BCUT2D eigenvalue weighted by Crippen LogP contribution is 2.34. The van der Waals surface area contributed by atoms with Gasteiger partial charge >= 0.3 is 6.18 Å². The number of nitro groups is 1. The third-order valence-electron chi connectivity index (χ3n) is 4.05. The van der Waals surface area contributed by atoms with Crippen LogP contribution in [-0.2, 0) is 6.18 Å². The third-order valence-corrected chi connectivity index (χ3v) is 4.05. The van der Waals surface area contributed by atoms with Crippen LogP contribution in [0.1, 0.15) is 21.6 Å². The first-order chi connectivity index (χ1) is 13.6. The molecule has 3 rings (SSSR count). The van der Waals surface area contributed by atoms with Crippen LogP contribution in [0.4, 0.5) is 28.9 Å². The summed E-state index contributed by atoms with van der Waals surface area (Å²) in [6.07, 6.45) is -4.75. The third kappa shape index (κ3) is 4.23. The first kappa shape index (κ1) is 20.0. The molecule has 0 fully saturated rings. The summed E-state index contributed by atoms with van der Waals surface area (Å²) in [7, 11) is 0. The number of aromatic nitrogens is 1. The van der Waals surface area contributed by atoms with Crippen LogP contribution in [0, 0.1) is 22.9 Å². The number of nitrogens with zero attached hydrogens (tertiary/aromatic N) is 2. The average Bonchev–Trinajstić information content (AvgIpc) is 2.64. The van der Waals surface area contributed by atoms with Crippen molar-refractivity contribution in [3.05, 3.63) is 75.2 Å². The molecule has 1 heterocycles. The number of benzene rings is 2. The lowest BCUT2D eigenvalue weighted by molar-refractivity contribution is -0.384. The molecule has 2 aromatic carbocycles. The number of carbonyl (C=O) groups excluding carboxylic acids is 1. The number of anilines is 1. The maximum Gasteiger partial charge on any atom is 0.416 e. The zero-order chi connectivity index (χ0) is 21.3. The largest absolute Gasteiger partial charge is 0.416 e. The Morgan fingerprint density at radius 3 is 2.52 bits per heavy atom. The lowest BCUT2D eigenvalue weighted by Gasteiger charge is -2.12. The Labute approximate surface area is 160 Å². The fraction of sp³-hybridized carbons (Fsp3) is 0.111. The van der Waals surface area contributed by atoms with Crippen molar-refractivity contribution in [2.45, 2.75) is 13.1 Å². The molecular weight excluding hydrogens is 396 g/mol. The second kappa shape index (κ2) is 7.34. The summed E-state index contributed by atoms with van der Waals surface area (Å²) >= 11 is 0. The van der Waals surface area contributed by atoms with E-state index in [1.165, 1.54) is 31.2 Å². The highest BCUT2D eigenvalue weighted by atomic mass is 19.4. The minimum Gasteiger partial charge on any atom is -0.292 e. The molecule has 0 spiro atoms. The van der Waals surface area contributed by atoms with Gasteiger partial charge in [0, 0.05) is 17.5 Å².